The Morgan fingerprint density at radius 2 is 1.50 bits per heavy atom. The Hall–Kier alpha value is -4.26. The van der Waals surface area contributed by atoms with E-state index in [1.807, 2.05) is 65.2 Å². The normalized spacial score (nSPS) is 11.1. The van der Waals surface area contributed by atoms with Gasteiger partial charge in [-0.2, -0.15) is 5.10 Å². The summed E-state index contributed by atoms with van der Waals surface area (Å²) in [4.78, 5) is 29.9. The highest BCUT2D eigenvalue weighted by Crippen LogP contribution is 2.21. The van der Waals surface area contributed by atoms with Gasteiger partial charge in [0, 0.05) is 10.8 Å². The van der Waals surface area contributed by atoms with Gasteiger partial charge in [0.1, 0.15) is 19.2 Å². The van der Waals surface area contributed by atoms with Crippen LogP contribution in [0.5, 0.6) is 0 Å². The number of carbonyl (C=O) groups is 1. The fraction of sp³-hybridized carbons (Fsp3) is 0.0435. The molecule has 0 spiro atoms. The molecule has 1 amide bonds. The van der Waals surface area contributed by atoms with E-state index in [1.54, 1.807) is 23.1 Å². The molecule has 0 aliphatic rings. The maximum Gasteiger partial charge on any atom is 0.244 e. The number of para-hydroxylation sites is 4. The molecule has 7 nitrogen and oxygen atoms in total. The first kappa shape index (κ1) is 17.8. The summed E-state index contributed by atoms with van der Waals surface area (Å²) < 4.78 is 3.47. The minimum Gasteiger partial charge on any atom is -0.331 e. The predicted molar refractivity (Wildman–Crippen MR) is 116 cm³/mol. The highest BCUT2D eigenvalue weighted by molar-refractivity contribution is 5.97. The maximum atomic E-state index is 13.0. The van der Waals surface area contributed by atoms with Crippen LogP contribution in [0.3, 0.4) is 0 Å². The minimum atomic E-state index is -0.207. The van der Waals surface area contributed by atoms with Gasteiger partial charge in [-0.3, -0.25) is 9.59 Å². The molecule has 2 aromatic heterocycles. The molecule has 7 heteroatoms. The van der Waals surface area contributed by atoms with E-state index in [0.29, 0.717) is 16.5 Å². The van der Waals surface area contributed by atoms with Gasteiger partial charge in [-0.15, -0.1) is 0 Å². The Labute approximate surface area is 171 Å². The lowest BCUT2D eigenvalue weighted by Gasteiger charge is -2.16. The van der Waals surface area contributed by atoms with E-state index in [4.69, 9.17) is 0 Å². The summed E-state index contributed by atoms with van der Waals surface area (Å²) in [5.41, 5.74) is 2.76. The molecule has 2 heterocycles. The van der Waals surface area contributed by atoms with Crippen molar-refractivity contribution in [1.82, 2.24) is 19.3 Å². The largest absolute Gasteiger partial charge is 0.331 e. The van der Waals surface area contributed by atoms with Gasteiger partial charge in [-0.1, -0.05) is 36.4 Å². The second-order valence-corrected chi connectivity index (χ2v) is 6.85. The van der Waals surface area contributed by atoms with Crippen molar-refractivity contribution in [3.8, 4) is 5.69 Å². The molecule has 5 aromatic rings. The predicted octanol–water partition coefficient (Wildman–Crippen LogP) is 3.37. The van der Waals surface area contributed by atoms with Gasteiger partial charge in [-0.05, 0) is 36.4 Å². The summed E-state index contributed by atoms with van der Waals surface area (Å²) >= 11 is 0. The molecular weight excluding hydrogens is 378 g/mol. The number of pyridine rings is 1. The van der Waals surface area contributed by atoms with Gasteiger partial charge in [-0.25, -0.2) is 9.67 Å². The van der Waals surface area contributed by atoms with E-state index in [1.165, 1.54) is 6.33 Å². The van der Waals surface area contributed by atoms with Crippen LogP contribution in [0.1, 0.15) is 0 Å². The number of amides is 1. The van der Waals surface area contributed by atoms with Crippen LogP contribution >= 0.6 is 0 Å². The Kier molecular flexibility index (Phi) is 4.33. The third-order valence-corrected chi connectivity index (χ3v) is 5.02. The lowest BCUT2D eigenvalue weighted by molar-refractivity contribution is -0.116. The van der Waals surface area contributed by atoms with E-state index in [9.17, 15) is 9.59 Å². The van der Waals surface area contributed by atoms with Gasteiger partial charge >= 0.3 is 0 Å². The van der Waals surface area contributed by atoms with Crippen LogP contribution in [-0.4, -0.2) is 25.2 Å². The number of nitrogens with one attached hydrogen (secondary N) is 1. The number of hydrogen-bond donors (Lipinski definition) is 1. The number of fused-ring (bicyclic) bond motifs is 2. The Bertz CT molecular complexity index is 1380. The first-order valence-electron chi connectivity index (χ1n) is 9.46. The average Bonchev–Trinajstić information content (AvgIpc) is 3.32. The number of rotatable bonds is 4. The SMILES string of the molecule is O=C(Cn1c2ccccc2c(=O)c2ccccc21)Nc1ccccc1-n1cncn1. The molecule has 0 aliphatic carbocycles. The van der Waals surface area contributed by atoms with E-state index in [2.05, 4.69) is 15.4 Å². The van der Waals surface area contributed by atoms with Gasteiger partial charge in [0.15, 0.2) is 5.43 Å². The molecule has 0 saturated heterocycles. The summed E-state index contributed by atoms with van der Waals surface area (Å²) in [5, 5.41) is 8.29. The van der Waals surface area contributed by atoms with Crippen molar-refractivity contribution in [2.24, 2.45) is 0 Å². The first-order chi connectivity index (χ1) is 14.7. The summed E-state index contributed by atoms with van der Waals surface area (Å²) in [6.07, 6.45) is 3.02. The molecule has 1 N–H and O–H groups in total. The van der Waals surface area contributed by atoms with E-state index < -0.39 is 0 Å². The number of benzene rings is 3. The number of aromatic nitrogens is 4. The molecule has 0 atom stereocenters. The molecule has 146 valence electrons. The van der Waals surface area contributed by atoms with Gasteiger partial charge < -0.3 is 9.88 Å². The number of anilines is 1. The van der Waals surface area contributed by atoms with Crippen molar-refractivity contribution in [1.29, 1.82) is 0 Å². The molecule has 0 unspecified atom stereocenters. The highest BCUT2D eigenvalue weighted by atomic mass is 16.2. The van der Waals surface area contributed by atoms with E-state index in [-0.39, 0.29) is 17.9 Å². The highest BCUT2D eigenvalue weighted by Gasteiger charge is 2.14. The van der Waals surface area contributed by atoms with Crippen molar-refractivity contribution in [2.45, 2.75) is 6.54 Å². The number of hydrogen-bond acceptors (Lipinski definition) is 4. The van der Waals surface area contributed by atoms with Gasteiger partial charge in [0.05, 0.1) is 22.4 Å². The maximum absolute atomic E-state index is 13.0. The van der Waals surface area contributed by atoms with Crippen LogP contribution in [0.25, 0.3) is 27.5 Å². The molecular formula is C23H17N5O2. The Morgan fingerprint density at radius 1 is 0.867 bits per heavy atom. The molecule has 0 saturated carbocycles. The molecule has 0 aliphatic heterocycles. The lowest BCUT2D eigenvalue weighted by Crippen LogP contribution is -2.22. The van der Waals surface area contributed by atoms with Crippen LogP contribution in [0.4, 0.5) is 5.69 Å². The summed E-state index contributed by atoms with van der Waals surface area (Å²) in [6.45, 7) is 0.0625. The standard InChI is InChI=1S/C23H17N5O2/c29-22(26-18-9-3-6-12-21(18)28-15-24-14-25-28)13-27-19-10-4-1-7-16(19)23(30)17-8-2-5-11-20(17)27/h1-12,14-15H,13H2,(H,26,29). The van der Waals surface area contributed by atoms with Crippen molar-refractivity contribution in [3.05, 3.63) is 95.7 Å². The van der Waals surface area contributed by atoms with Crippen LogP contribution in [-0.2, 0) is 11.3 Å². The summed E-state index contributed by atoms with van der Waals surface area (Å²) in [5.74, 6) is -0.207. The summed E-state index contributed by atoms with van der Waals surface area (Å²) in [7, 11) is 0. The Balaban J connectivity index is 1.56. The van der Waals surface area contributed by atoms with Crippen molar-refractivity contribution in [2.75, 3.05) is 5.32 Å². The zero-order valence-electron chi connectivity index (χ0n) is 15.9. The van der Waals surface area contributed by atoms with Crippen LogP contribution in [0.15, 0.2) is 90.2 Å². The lowest BCUT2D eigenvalue weighted by atomic mass is 10.1. The minimum absolute atomic E-state index is 0.0330. The first-order valence-corrected chi connectivity index (χ1v) is 9.46. The van der Waals surface area contributed by atoms with Crippen LogP contribution in [0.2, 0.25) is 0 Å². The van der Waals surface area contributed by atoms with E-state index in [0.717, 1.165) is 16.7 Å². The zero-order chi connectivity index (χ0) is 20.5. The topological polar surface area (TPSA) is 81.8 Å². The van der Waals surface area contributed by atoms with Crippen molar-refractivity contribution in [3.63, 3.8) is 0 Å². The summed E-state index contributed by atoms with van der Waals surface area (Å²) in [6, 6.07) is 22.1. The van der Waals surface area contributed by atoms with Gasteiger partial charge in [0.25, 0.3) is 0 Å². The number of nitrogens with zero attached hydrogens (tertiary/aromatic N) is 4. The van der Waals surface area contributed by atoms with Gasteiger partial charge in [0.2, 0.25) is 5.91 Å². The third kappa shape index (κ3) is 3.02. The molecule has 0 bridgehead atoms. The smallest absolute Gasteiger partial charge is 0.244 e. The van der Waals surface area contributed by atoms with Crippen molar-refractivity contribution < 1.29 is 4.79 Å². The van der Waals surface area contributed by atoms with Crippen molar-refractivity contribution >= 4 is 33.4 Å². The number of carbonyl (C=O) groups excluding carboxylic acids is 1. The van der Waals surface area contributed by atoms with Crippen LogP contribution < -0.4 is 10.7 Å². The third-order valence-electron chi connectivity index (χ3n) is 5.02. The molecule has 3 aromatic carbocycles. The average molecular weight is 395 g/mol. The van der Waals surface area contributed by atoms with E-state index >= 15 is 0 Å². The van der Waals surface area contributed by atoms with Crippen LogP contribution in [0, 0.1) is 0 Å². The molecule has 0 radical (unpaired) electrons. The quantitative estimate of drug-likeness (QED) is 0.473. The molecule has 0 fully saturated rings. The molecule has 5 rings (SSSR count). The fourth-order valence-electron chi connectivity index (χ4n) is 3.69. The molecule has 30 heavy (non-hydrogen) atoms. The second-order valence-electron chi connectivity index (χ2n) is 6.85. The monoisotopic (exact) mass is 395 g/mol. The second kappa shape index (κ2) is 7.29. The fourth-order valence-corrected chi connectivity index (χ4v) is 3.69. The Morgan fingerprint density at radius 3 is 2.17 bits per heavy atom. The zero-order valence-corrected chi connectivity index (χ0v) is 15.9.